The van der Waals surface area contributed by atoms with Crippen LogP contribution in [0.15, 0.2) is 18.2 Å². The van der Waals surface area contributed by atoms with E-state index in [1.165, 1.54) is 6.07 Å². The van der Waals surface area contributed by atoms with Gasteiger partial charge in [0.25, 0.3) is 0 Å². The second-order valence-corrected chi connectivity index (χ2v) is 4.35. The van der Waals surface area contributed by atoms with Crippen LogP contribution in [0, 0.1) is 17.6 Å². The van der Waals surface area contributed by atoms with Crippen molar-refractivity contribution in [3.05, 3.63) is 29.8 Å². The van der Waals surface area contributed by atoms with E-state index in [1.807, 2.05) is 13.8 Å². The fourth-order valence-electron chi connectivity index (χ4n) is 1.42. The Balaban J connectivity index is 0.00000289. The van der Waals surface area contributed by atoms with Gasteiger partial charge in [0.2, 0.25) is 5.91 Å². The van der Waals surface area contributed by atoms with Crippen LogP contribution < -0.4 is 11.1 Å². The molecule has 6 heteroatoms. The third kappa shape index (κ3) is 4.98. The van der Waals surface area contributed by atoms with Crippen LogP contribution in [0.2, 0.25) is 0 Å². The maximum atomic E-state index is 12.9. The average Bonchev–Trinajstić information content (AvgIpc) is 2.22. The number of halogens is 3. The highest BCUT2D eigenvalue weighted by atomic mass is 35.5. The number of hydrogen-bond acceptors (Lipinski definition) is 2. The number of rotatable bonds is 4. The summed E-state index contributed by atoms with van der Waals surface area (Å²) in [6.45, 7) is 3.90. The summed E-state index contributed by atoms with van der Waals surface area (Å²) in [5.41, 5.74) is 5.86. The van der Waals surface area contributed by atoms with Gasteiger partial charge >= 0.3 is 0 Å². The smallest absolute Gasteiger partial charge is 0.241 e. The summed E-state index contributed by atoms with van der Waals surface area (Å²) in [5.74, 6) is -2.06. The summed E-state index contributed by atoms with van der Waals surface area (Å²) in [5, 5.41) is 2.44. The standard InChI is InChI=1S/C12H16F2N2O.ClH/c1-7(2)5-11(15)12(17)16-8-3-4-9(13)10(14)6-8;/h3-4,6-7,11H,5,15H2,1-2H3,(H,16,17);1H/t11-;/m0./s1. The number of benzene rings is 1. The molecule has 1 amide bonds. The normalized spacial score (nSPS) is 11.9. The van der Waals surface area contributed by atoms with E-state index in [0.717, 1.165) is 12.1 Å². The van der Waals surface area contributed by atoms with Crippen molar-refractivity contribution in [3.63, 3.8) is 0 Å². The van der Waals surface area contributed by atoms with Gasteiger partial charge in [-0.1, -0.05) is 13.8 Å². The molecule has 0 saturated carbocycles. The molecule has 0 aliphatic rings. The number of anilines is 1. The molecule has 0 aliphatic carbocycles. The van der Waals surface area contributed by atoms with E-state index in [1.54, 1.807) is 0 Å². The van der Waals surface area contributed by atoms with Gasteiger partial charge in [-0.15, -0.1) is 12.4 Å². The topological polar surface area (TPSA) is 55.1 Å². The minimum Gasteiger partial charge on any atom is -0.325 e. The lowest BCUT2D eigenvalue weighted by atomic mass is 10.0. The van der Waals surface area contributed by atoms with E-state index < -0.39 is 23.6 Å². The summed E-state index contributed by atoms with van der Waals surface area (Å²) in [6, 6.07) is 2.52. The zero-order chi connectivity index (χ0) is 13.0. The van der Waals surface area contributed by atoms with Crippen molar-refractivity contribution in [2.75, 3.05) is 5.32 Å². The molecule has 0 saturated heterocycles. The van der Waals surface area contributed by atoms with Crippen LogP contribution in [0.5, 0.6) is 0 Å². The first-order valence-electron chi connectivity index (χ1n) is 5.41. The highest BCUT2D eigenvalue weighted by molar-refractivity contribution is 5.94. The van der Waals surface area contributed by atoms with E-state index in [4.69, 9.17) is 5.73 Å². The minimum atomic E-state index is -1.000. The fourth-order valence-corrected chi connectivity index (χ4v) is 1.42. The molecule has 0 aliphatic heterocycles. The van der Waals surface area contributed by atoms with Gasteiger partial charge in [-0.25, -0.2) is 8.78 Å². The van der Waals surface area contributed by atoms with Crippen molar-refractivity contribution in [2.45, 2.75) is 26.3 Å². The van der Waals surface area contributed by atoms with Crippen LogP contribution in [0.3, 0.4) is 0 Å². The lowest BCUT2D eigenvalue weighted by Gasteiger charge is -2.14. The van der Waals surface area contributed by atoms with Gasteiger partial charge in [0.05, 0.1) is 6.04 Å². The Kier molecular flexibility index (Phi) is 6.80. The molecule has 0 radical (unpaired) electrons. The number of carbonyl (C=O) groups excluding carboxylic acids is 1. The predicted octanol–water partition coefficient (Wildman–Crippen LogP) is 2.70. The van der Waals surface area contributed by atoms with Crippen molar-refractivity contribution >= 4 is 24.0 Å². The third-order valence-corrected chi connectivity index (χ3v) is 2.25. The lowest BCUT2D eigenvalue weighted by molar-refractivity contribution is -0.117. The number of amides is 1. The monoisotopic (exact) mass is 278 g/mol. The van der Waals surface area contributed by atoms with E-state index in [2.05, 4.69) is 5.32 Å². The molecule has 1 aromatic rings. The first-order chi connectivity index (χ1) is 7.90. The first-order valence-corrected chi connectivity index (χ1v) is 5.41. The van der Waals surface area contributed by atoms with Crippen molar-refractivity contribution in [1.29, 1.82) is 0 Å². The predicted molar refractivity (Wildman–Crippen MR) is 69.7 cm³/mol. The summed E-state index contributed by atoms with van der Waals surface area (Å²) in [7, 11) is 0. The second-order valence-electron chi connectivity index (χ2n) is 4.35. The molecule has 0 bridgehead atoms. The number of nitrogens with two attached hydrogens (primary N) is 1. The first kappa shape index (κ1) is 16.8. The largest absolute Gasteiger partial charge is 0.325 e. The Bertz CT molecular complexity index is 413. The maximum Gasteiger partial charge on any atom is 0.241 e. The molecule has 3 nitrogen and oxygen atoms in total. The van der Waals surface area contributed by atoms with Crippen LogP contribution in [0.1, 0.15) is 20.3 Å². The molecule has 18 heavy (non-hydrogen) atoms. The molecule has 3 N–H and O–H groups in total. The SMILES string of the molecule is CC(C)C[C@H](N)C(=O)Nc1ccc(F)c(F)c1.Cl. The zero-order valence-electron chi connectivity index (χ0n) is 10.2. The summed E-state index contributed by atoms with van der Waals surface area (Å²) in [6.07, 6.45) is 0.537. The maximum absolute atomic E-state index is 12.9. The summed E-state index contributed by atoms with van der Waals surface area (Å²) < 4.78 is 25.5. The molecular formula is C12H17ClF2N2O. The minimum absolute atomic E-state index is 0. The highest BCUT2D eigenvalue weighted by Gasteiger charge is 2.15. The molecule has 0 heterocycles. The van der Waals surface area contributed by atoms with Gasteiger partial charge in [0.15, 0.2) is 11.6 Å². The van der Waals surface area contributed by atoms with Gasteiger partial charge in [-0.2, -0.15) is 0 Å². The van der Waals surface area contributed by atoms with Gasteiger partial charge in [-0.3, -0.25) is 4.79 Å². The number of nitrogens with one attached hydrogen (secondary N) is 1. The van der Waals surface area contributed by atoms with Crippen LogP contribution in [-0.2, 0) is 4.79 Å². The van der Waals surface area contributed by atoms with Gasteiger partial charge in [-0.05, 0) is 24.5 Å². The Morgan fingerprint density at radius 3 is 2.44 bits per heavy atom. The van der Waals surface area contributed by atoms with Crippen LogP contribution >= 0.6 is 12.4 Å². The van der Waals surface area contributed by atoms with Gasteiger partial charge in [0.1, 0.15) is 0 Å². The lowest BCUT2D eigenvalue weighted by Crippen LogP contribution is -2.36. The molecule has 102 valence electrons. The van der Waals surface area contributed by atoms with Gasteiger partial charge in [0, 0.05) is 11.8 Å². The Morgan fingerprint density at radius 1 is 1.33 bits per heavy atom. The van der Waals surface area contributed by atoms with Crippen LogP contribution in [-0.4, -0.2) is 11.9 Å². The Hall–Kier alpha value is -1.20. The number of carbonyl (C=O) groups is 1. The molecule has 1 rings (SSSR count). The van der Waals surface area contributed by atoms with Crippen molar-refractivity contribution < 1.29 is 13.6 Å². The third-order valence-electron chi connectivity index (χ3n) is 2.25. The quantitative estimate of drug-likeness (QED) is 0.890. The summed E-state index contributed by atoms with van der Waals surface area (Å²) >= 11 is 0. The highest BCUT2D eigenvalue weighted by Crippen LogP contribution is 2.14. The van der Waals surface area contributed by atoms with Crippen molar-refractivity contribution in [1.82, 2.24) is 0 Å². The molecule has 1 aromatic carbocycles. The van der Waals surface area contributed by atoms with E-state index >= 15 is 0 Å². The Morgan fingerprint density at radius 2 is 1.94 bits per heavy atom. The zero-order valence-corrected chi connectivity index (χ0v) is 11.1. The van der Waals surface area contributed by atoms with Crippen molar-refractivity contribution in [3.8, 4) is 0 Å². The van der Waals surface area contributed by atoms with E-state index in [-0.39, 0.29) is 18.1 Å². The van der Waals surface area contributed by atoms with Crippen LogP contribution in [0.4, 0.5) is 14.5 Å². The Labute approximate surface area is 111 Å². The van der Waals surface area contributed by atoms with Gasteiger partial charge < -0.3 is 11.1 Å². The van der Waals surface area contributed by atoms with Crippen LogP contribution in [0.25, 0.3) is 0 Å². The molecule has 0 aromatic heterocycles. The van der Waals surface area contributed by atoms with E-state index in [0.29, 0.717) is 12.3 Å². The molecule has 1 atom stereocenters. The molecule has 0 fully saturated rings. The summed E-state index contributed by atoms with van der Waals surface area (Å²) in [4.78, 5) is 11.6. The van der Waals surface area contributed by atoms with E-state index in [9.17, 15) is 13.6 Å². The number of hydrogen-bond donors (Lipinski definition) is 2. The van der Waals surface area contributed by atoms with Crippen molar-refractivity contribution in [2.24, 2.45) is 11.7 Å². The molecule has 0 spiro atoms. The second kappa shape index (κ2) is 7.28. The average molecular weight is 279 g/mol. The molecule has 0 unspecified atom stereocenters. The fraction of sp³-hybridized carbons (Fsp3) is 0.417. The molecular weight excluding hydrogens is 262 g/mol.